The second-order valence-electron chi connectivity index (χ2n) is 9.74. The Morgan fingerprint density at radius 1 is 1.00 bits per heavy atom. The molecule has 0 saturated carbocycles. The number of halogens is 5. The van der Waals surface area contributed by atoms with Crippen LogP contribution in [0.5, 0.6) is 11.5 Å². The van der Waals surface area contributed by atoms with E-state index in [-0.39, 0.29) is 22.7 Å². The van der Waals surface area contributed by atoms with Crippen LogP contribution in [0.15, 0.2) is 66.7 Å². The van der Waals surface area contributed by atoms with E-state index < -0.39 is 50.6 Å². The first-order valence-electron chi connectivity index (χ1n) is 12.8. The number of benzene rings is 3. The van der Waals surface area contributed by atoms with Gasteiger partial charge in [0.15, 0.2) is 17.0 Å². The number of non-ortho nitro benzene ring substituents is 1. The Balaban J connectivity index is 1.35. The third-order valence-electron chi connectivity index (χ3n) is 6.84. The summed E-state index contributed by atoms with van der Waals surface area (Å²) in [7, 11) is 0. The van der Waals surface area contributed by atoms with Crippen LogP contribution in [-0.4, -0.2) is 25.4 Å². The lowest BCUT2D eigenvalue weighted by molar-refractivity contribution is -0.384. The number of aryl methyl sites for hydroxylation is 2. The van der Waals surface area contributed by atoms with Crippen LogP contribution in [0, 0.1) is 15.9 Å². The molecule has 9 nitrogen and oxygen atoms in total. The fraction of sp³-hybridized carbons (Fsp3) is 0.138. The fourth-order valence-electron chi connectivity index (χ4n) is 4.86. The van der Waals surface area contributed by atoms with Crippen molar-refractivity contribution in [1.29, 1.82) is 0 Å². The first-order valence-corrected chi connectivity index (χ1v) is 13.2. The van der Waals surface area contributed by atoms with Gasteiger partial charge in [-0.2, -0.15) is 18.3 Å². The summed E-state index contributed by atoms with van der Waals surface area (Å²) in [5, 5.41) is 17.3. The molecule has 1 amide bonds. The quantitative estimate of drug-likeness (QED) is 0.120. The Bertz CT molecular complexity index is 1930. The number of fused-ring (bicyclic) bond motifs is 2. The molecule has 14 heteroatoms. The number of nitrogens with one attached hydrogen (secondary N) is 1. The van der Waals surface area contributed by atoms with Gasteiger partial charge in [-0.25, -0.2) is 13.9 Å². The molecule has 0 saturated heterocycles. The van der Waals surface area contributed by atoms with Crippen LogP contribution < -0.4 is 10.1 Å². The summed E-state index contributed by atoms with van der Waals surface area (Å²) in [4.78, 5) is 28.3. The smallest absolute Gasteiger partial charge is 0.433 e. The standard InChI is InChI=1S/C29H18ClF4N5O4/c30-25-26(37-38-24(29(32,33)34)14-23(36-27(25)38)16-4-7-18(31)8-5-16)28(40)35-19-11-20(39(41)42)13-22(12-19)43-21-9-6-15-2-1-3-17(15)10-21/h4-14H,1-3H2,(H,35,40). The normalized spacial score (nSPS) is 12.8. The molecule has 1 N–H and O–H groups in total. The Hall–Kier alpha value is -5.04. The number of rotatable bonds is 6. The third-order valence-corrected chi connectivity index (χ3v) is 7.19. The van der Waals surface area contributed by atoms with E-state index in [9.17, 15) is 32.5 Å². The van der Waals surface area contributed by atoms with Crippen LogP contribution in [0.4, 0.5) is 28.9 Å². The number of ether oxygens (including phenoxy) is 1. The Labute approximate surface area is 244 Å². The minimum absolute atomic E-state index is 0.0495. The zero-order valence-electron chi connectivity index (χ0n) is 21.8. The van der Waals surface area contributed by atoms with Gasteiger partial charge in [0.25, 0.3) is 11.6 Å². The van der Waals surface area contributed by atoms with Crippen molar-refractivity contribution >= 4 is 34.5 Å². The van der Waals surface area contributed by atoms with Crippen LogP contribution in [0.1, 0.15) is 33.7 Å². The highest BCUT2D eigenvalue weighted by Gasteiger charge is 2.37. The van der Waals surface area contributed by atoms with Crippen molar-refractivity contribution in [3.63, 3.8) is 0 Å². The summed E-state index contributed by atoms with van der Waals surface area (Å²) < 4.78 is 61.7. The summed E-state index contributed by atoms with van der Waals surface area (Å²) in [6.07, 6.45) is -2.06. The van der Waals surface area contributed by atoms with Gasteiger partial charge in [0.05, 0.1) is 22.4 Å². The summed E-state index contributed by atoms with van der Waals surface area (Å²) in [6, 6.07) is 14.4. The highest BCUT2D eigenvalue weighted by Crippen LogP contribution is 2.36. The molecule has 6 rings (SSSR count). The summed E-state index contributed by atoms with van der Waals surface area (Å²) in [5.74, 6) is -1.14. The molecule has 2 heterocycles. The van der Waals surface area contributed by atoms with Gasteiger partial charge in [0, 0.05) is 17.7 Å². The molecule has 0 bridgehead atoms. The Morgan fingerprint density at radius 3 is 2.47 bits per heavy atom. The average molecular weight is 612 g/mol. The first kappa shape index (κ1) is 28.1. The van der Waals surface area contributed by atoms with E-state index in [1.807, 2.05) is 12.1 Å². The predicted octanol–water partition coefficient (Wildman–Crippen LogP) is 7.65. The van der Waals surface area contributed by atoms with Crippen molar-refractivity contribution in [2.45, 2.75) is 25.4 Å². The molecule has 43 heavy (non-hydrogen) atoms. The number of carbonyl (C=O) groups is 1. The van der Waals surface area contributed by atoms with Gasteiger partial charge in [-0.15, -0.1) is 0 Å². The van der Waals surface area contributed by atoms with Gasteiger partial charge in [-0.1, -0.05) is 17.7 Å². The maximum absolute atomic E-state index is 14.0. The molecular formula is C29H18ClF4N5O4. The van der Waals surface area contributed by atoms with Gasteiger partial charge in [0.1, 0.15) is 22.3 Å². The van der Waals surface area contributed by atoms with Crippen LogP contribution in [0.3, 0.4) is 0 Å². The van der Waals surface area contributed by atoms with Crippen LogP contribution in [-0.2, 0) is 19.0 Å². The fourth-order valence-corrected chi connectivity index (χ4v) is 5.11. The van der Waals surface area contributed by atoms with E-state index in [4.69, 9.17) is 16.3 Å². The van der Waals surface area contributed by atoms with Crippen LogP contribution in [0.2, 0.25) is 5.02 Å². The first-order chi connectivity index (χ1) is 20.5. The SMILES string of the molecule is O=C(Nc1cc(Oc2ccc3c(c2)CCC3)cc([N+](=O)[O-])c1)c1nn2c(C(F)(F)F)cc(-c3ccc(F)cc3)nc2c1Cl. The van der Waals surface area contributed by atoms with Gasteiger partial charge >= 0.3 is 6.18 Å². The number of amides is 1. The molecule has 0 spiro atoms. The highest BCUT2D eigenvalue weighted by molar-refractivity contribution is 6.37. The molecule has 218 valence electrons. The molecule has 5 aromatic rings. The molecule has 1 aliphatic carbocycles. The van der Waals surface area contributed by atoms with E-state index in [2.05, 4.69) is 15.4 Å². The van der Waals surface area contributed by atoms with Crippen molar-refractivity contribution in [2.75, 3.05) is 5.32 Å². The molecule has 1 aliphatic rings. The van der Waals surface area contributed by atoms with Crippen molar-refractivity contribution in [2.24, 2.45) is 0 Å². The van der Waals surface area contributed by atoms with Crippen LogP contribution >= 0.6 is 11.6 Å². The lowest BCUT2D eigenvalue weighted by Gasteiger charge is -2.11. The molecule has 0 unspecified atom stereocenters. The van der Waals surface area contributed by atoms with E-state index in [0.717, 1.165) is 43.0 Å². The number of alkyl halides is 3. The summed E-state index contributed by atoms with van der Waals surface area (Å²) >= 11 is 6.32. The van der Waals surface area contributed by atoms with E-state index in [1.54, 1.807) is 6.07 Å². The maximum Gasteiger partial charge on any atom is 0.433 e. The number of hydrogen-bond acceptors (Lipinski definition) is 6. The summed E-state index contributed by atoms with van der Waals surface area (Å²) in [6.45, 7) is 0. The van der Waals surface area contributed by atoms with E-state index in [1.165, 1.54) is 29.8 Å². The molecule has 2 aromatic heterocycles. The van der Waals surface area contributed by atoms with E-state index in [0.29, 0.717) is 16.3 Å². The molecule has 0 fully saturated rings. The van der Waals surface area contributed by atoms with Gasteiger partial charge in [0.2, 0.25) is 0 Å². The molecular weight excluding hydrogens is 594 g/mol. The predicted molar refractivity (Wildman–Crippen MR) is 148 cm³/mol. The Kier molecular flexibility index (Phi) is 6.97. The van der Waals surface area contributed by atoms with Gasteiger partial charge in [-0.3, -0.25) is 14.9 Å². The highest BCUT2D eigenvalue weighted by atomic mass is 35.5. The molecule has 3 aromatic carbocycles. The molecule has 0 atom stereocenters. The van der Waals surface area contributed by atoms with Crippen molar-refractivity contribution in [1.82, 2.24) is 14.6 Å². The second kappa shape index (κ2) is 10.7. The zero-order valence-corrected chi connectivity index (χ0v) is 22.5. The van der Waals surface area contributed by atoms with Gasteiger partial charge < -0.3 is 10.1 Å². The van der Waals surface area contributed by atoms with Crippen molar-refractivity contribution in [3.8, 4) is 22.8 Å². The maximum atomic E-state index is 14.0. The lowest BCUT2D eigenvalue weighted by Crippen LogP contribution is -2.16. The minimum Gasteiger partial charge on any atom is -0.457 e. The van der Waals surface area contributed by atoms with Gasteiger partial charge in [-0.05, 0) is 72.9 Å². The van der Waals surface area contributed by atoms with Crippen molar-refractivity contribution in [3.05, 3.63) is 110 Å². The minimum atomic E-state index is -4.93. The Morgan fingerprint density at radius 2 is 1.74 bits per heavy atom. The lowest BCUT2D eigenvalue weighted by atomic mass is 10.1. The molecule has 0 radical (unpaired) electrons. The van der Waals surface area contributed by atoms with E-state index >= 15 is 0 Å². The number of hydrogen-bond donors (Lipinski definition) is 1. The molecule has 0 aliphatic heterocycles. The number of nitro groups is 1. The van der Waals surface area contributed by atoms with Crippen LogP contribution in [0.25, 0.3) is 16.9 Å². The zero-order chi connectivity index (χ0) is 30.5. The largest absolute Gasteiger partial charge is 0.457 e. The number of nitrogens with zero attached hydrogens (tertiary/aromatic N) is 4. The average Bonchev–Trinajstić information content (AvgIpc) is 3.56. The monoisotopic (exact) mass is 611 g/mol. The number of aromatic nitrogens is 3. The number of anilines is 1. The number of nitro benzene ring substituents is 1. The third kappa shape index (κ3) is 5.58. The number of carbonyl (C=O) groups excluding carboxylic acids is 1. The second-order valence-corrected chi connectivity index (χ2v) is 10.1. The summed E-state index contributed by atoms with van der Waals surface area (Å²) in [5.41, 5.74) is -0.531. The topological polar surface area (TPSA) is 112 Å². The van der Waals surface area contributed by atoms with Crippen molar-refractivity contribution < 1.29 is 32.0 Å².